The normalized spacial score (nSPS) is 25.6. The summed E-state index contributed by atoms with van der Waals surface area (Å²) in [5.74, 6) is 0.813. The molecule has 1 amide bonds. The lowest BCUT2D eigenvalue weighted by Crippen LogP contribution is -2.41. The number of methoxy groups -OCH3 is 1. The van der Waals surface area contributed by atoms with Crippen LogP contribution in [0.5, 0.6) is 5.75 Å². The highest BCUT2D eigenvalue weighted by Gasteiger charge is 2.47. The molecule has 1 aromatic rings. The van der Waals surface area contributed by atoms with Crippen LogP contribution in [0.25, 0.3) is 0 Å². The summed E-state index contributed by atoms with van der Waals surface area (Å²) in [6, 6.07) is 5.82. The first-order valence-corrected chi connectivity index (χ1v) is 6.00. The minimum atomic E-state index is -0.841. The number of hydrogen-bond acceptors (Lipinski definition) is 4. The molecule has 5 nitrogen and oxygen atoms in total. The van der Waals surface area contributed by atoms with Crippen molar-refractivity contribution in [3.63, 3.8) is 0 Å². The molecule has 0 radical (unpaired) electrons. The number of aryl methyl sites for hydroxylation is 1. The van der Waals surface area contributed by atoms with Crippen LogP contribution in [0.2, 0.25) is 0 Å². The number of nitrogens with two attached hydrogens (primary N) is 1. The van der Waals surface area contributed by atoms with Crippen molar-refractivity contribution in [1.82, 2.24) is 5.32 Å². The van der Waals surface area contributed by atoms with E-state index in [1.165, 1.54) is 0 Å². The van der Waals surface area contributed by atoms with E-state index < -0.39 is 5.54 Å². The first kappa shape index (κ1) is 11.1. The number of aliphatic imine (C=N–C) groups is 1. The number of fused-ring (bicyclic) bond motifs is 2. The van der Waals surface area contributed by atoms with Gasteiger partial charge in [0.15, 0.2) is 11.5 Å². The highest BCUT2D eigenvalue weighted by Crippen LogP contribution is 2.42. The molecule has 0 bridgehead atoms. The predicted molar refractivity (Wildman–Crippen MR) is 67.4 cm³/mol. The summed E-state index contributed by atoms with van der Waals surface area (Å²) in [6.45, 7) is 0. The molecule has 1 unspecified atom stereocenters. The van der Waals surface area contributed by atoms with Crippen LogP contribution in [0.1, 0.15) is 24.0 Å². The Morgan fingerprint density at radius 1 is 1.50 bits per heavy atom. The number of ether oxygens (including phenoxy) is 1. The molecule has 94 valence electrons. The lowest BCUT2D eigenvalue weighted by atomic mass is 9.76. The van der Waals surface area contributed by atoms with Crippen LogP contribution in [0.3, 0.4) is 0 Å². The Bertz CT molecular complexity index is 553. The first-order chi connectivity index (χ1) is 8.65. The van der Waals surface area contributed by atoms with Crippen molar-refractivity contribution < 1.29 is 9.53 Å². The maximum atomic E-state index is 12.2. The number of carbonyl (C=O) groups is 1. The molecule has 3 N–H and O–H groups in total. The molecule has 18 heavy (non-hydrogen) atoms. The second kappa shape index (κ2) is 3.73. The quantitative estimate of drug-likeness (QED) is 0.763. The number of guanidine groups is 1. The molecule has 2 aliphatic rings. The van der Waals surface area contributed by atoms with Gasteiger partial charge >= 0.3 is 0 Å². The molecule has 3 rings (SSSR count). The molecular formula is C13H15N3O2. The van der Waals surface area contributed by atoms with Crippen LogP contribution >= 0.6 is 0 Å². The van der Waals surface area contributed by atoms with Crippen LogP contribution in [0, 0.1) is 0 Å². The third kappa shape index (κ3) is 1.40. The molecule has 1 heterocycles. The van der Waals surface area contributed by atoms with Crippen LogP contribution in [-0.4, -0.2) is 19.0 Å². The predicted octanol–water partition coefficient (Wildman–Crippen LogP) is 0.671. The number of nitrogens with zero attached hydrogens (tertiary/aromatic N) is 1. The van der Waals surface area contributed by atoms with Gasteiger partial charge < -0.3 is 10.5 Å². The Labute approximate surface area is 105 Å². The second-order valence-corrected chi connectivity index (χ2v) is 4.69. The van der Waals surface area contributed by atoms with Crippen molar-refractivity contribution in [1.29, 1.82) is 0 Å². The van der Waals surface area contributed by atoms with Gasteiger partial charge in [-0.3, -0.25) is 10.1 Å². The third-order valence-corrected chi connectivity index (χ3v) is 3.68. The van der Waals surface area contributed by atoms with Crippen molar-refractivity contribution >= 4 is 11.9 Å². The Morgan fingerprint density at radius 2 is 2.33 bits per heavy atom. The highest BCUT2D eigenvalue weighted by molar-refractivity contribution is 6.07. The average molecular weight is 245 g/mol. The number of carbonyl (C=O) groups excluding carboxylic acids is 1. The van der Waals surface area contributed by atoms with Crippen LogP contribution < -0.4 is 15.8 Å². The van der Waals surface area contributed by atoms with Gasteiger partial charge in [0.2, 0.25) is 0 Å². The van der Waals surface area contributed by atoms with E-state index in [9.17, 15) is 4.79 Å². The summed E-state index contributed by atoms with van der Waals surface area (Å²) in [5.41, 5.74) is 6.88. The molecule has 5 heteroatoms. The zero-order chi connectivity index (χ0) is 12.8. The number of benzene rings is 1. The Hall–Kier alpha value is -2.04. The molecular weight excluding hydrogens is 230 g/mol. The standard InChI is InChI=1S/C13H15N3O2/c1-18-9-5-4-8-3-2-6-13(10(8)7-9)11(17)15-12(14)16-13/h4-5,7H,2-3,6H2,1H3,(H3,14,15,16,17). The number of amides is 1. The van der Waals surface area contributed by atoms with E-state index in [1.54, 1.807) is 7.11 Å². The molecule has 0 saturated carbocycles. The molecule has 1 aromatic carbocycles. The summed E-state index contributed by atoms with van der Waals surface area (Å²) in [4.78, 5) is 16.5. The first-order valence-electron chi connectivity index (χ1n) is 6.00. The van der Waals surface area contributed by atoms with E-state index in [2.05, 4.69) is 10.3 Å². The molecule has 1 aliphatic heterocycles. The Morgan fingerprint density at radius 3 is 3.00 bits per heavy atom. The summed E-state index contributed by atoms with van der Waals surface area (Å²) >= 11 is 0. The zero-order valence-corrected chi connectivity index (χ0v) is 10.2. The number of nitrogens with one attached hydrogen (secondary N) is 1. The minimum absolute atomic E-state index is 0.130. The fraction of sp³-hybridized carbons (Fsp3) is 0.385. The van der Waals surface area contributed by atoms with Crippen molar-refractivity contribution in [3.05, 3.63) is 29.3 Å². The summed E-state index contributed by atoms with van der Waals surface area (Å²) in [6.07, 6.45) is 2.59. The van der Waals surface area contributed by atoms with Crippen LogP contribution in [0.15, 0.2) is 23.2 Å². The third-order valence-electron chi connectivity index (χ3n) is 3.68. The van der Waals surface area contributed by atoms with Gasteiger partial charge in [-0.25, -0.2) is 4.99 Å². The van der Waals surface area contributed by atoms with Crippen molar-refractivity contribution in [3.8, 4) is 5.75 Å². The fourth-order valence-corrected chi connectivity index (χ4v) is 2.81. The van der Waals surface area contributed by atoms with Crippen molar-refractivity contribution in [2.24, 2.45) is 10.7 Å². The van der Waals surface area contributed by atoms with Gasteiger partial charge in [-0.05, 0) is 42.5 Å². The van der Waals surface area contributed by atoms with E-state index in [4.69, 9.17) is 10.5 Å². The maximum Gasteiger partial charge on any atom is 0.259 e. The lowest BCUT2D eigenvalue weighted by molar-refractivity contribution is -0.124. The van der Waals surface area contributed by atoms with E-state index in [0.717, 1.165) is 29.7 Å². The van der Waals surface area contributed by atoms with Gasteiger partial charge in [0.25, 0.3) is 5.91 Å². The second-order valence-electron chi connectivity index (χ2n) is 4.69. The molecule has 0 aromatic heterocycles. The topological polar surface area (TPSA) is 76.7 Å². The fourth-order valence-electron chi connectivity index (χ4n) is 2.81. The van der Waals surface area contributed by atoms with E-state index in [1.807, 2.05) is 18.2 Å². The maximum absolute atomic E-state index is 12.2. The summed E-state index contributed by atoms with van der Waals surface area (Å²) < 4.78 is 5.23. The van der Waals surface area contributed by atoms with Crippen molar-refractivity contribution in [2.75, 3.05) is 7.11 Å². The molecule has 1 spiro atoms. The van der Waals surface area contributed by atoms with E-state index in [0.29, 0.717) is 6.42 Å². The van der Waals surface area contributed by atoms with Gasteiger partial charge in [0.05, 0.1) is 7.11 Å². The number of rotatable bonds is 1. The molecule has 0 saturated heterocycles. The molecule has 1 atom stereocenters. The Balaban J connectivity index is 2.19. The highest BCUT2D eigenvalue weighted by atomic mass is 16.5. The van der Waals surface area contributed by atoms with Gasteiger partial charge in [-0.1, -0.05) is 6.07 Å². The summed E-state index contributed by atoms with van der Waals surface area (Å²) in [5, 5.41) is 2.60. The smallest absolute Gasteiger partial charge is 0.259 e. The van der Waals surface area contributed by atoms with Gasteiger partial charge in [-0.15, -0.1) is 0 Å². The lowest BCUT2D eigenvalue weighted by Gasteiger charge is -2.30. The summed E-state index contributed by atoms with van der Waals surface area (Å²) in [7, 11) is 1.61. The minimum Gasteiger partial charge on any atom is -0.497 e. The largest absolute Gasteiger partial charge is 0.497 e. The molecule has 0 fully saturated rings. The van der Waals surface area contributed by atoms with Gasteiger partial charge in [-0.2, -0.15) is 0 Å². The van der Waals surface area contributed by atoms with Crippen LogP contribution in [0.4, 0.5) is 0 Å². The van der Waals surface area contributed by atoms with Gasteiger partial charge in [0, 0.05) is 0 Å². The van der Waals surface area contributed by atoms with Gasteiger partial charge in [0.1, 0.15) is 5.75 Å². The zero-order valence-electron chi connectivity index (χ0n) is 10.2. The monoisotopic (exact) mass is 245 g/mol. The number of hydrogen-bond donors (Lipinski definition) is 2. The van der Waals surface area contributed by atoms with Crippen LogP contribution in [-0.2, 0) is 16.8 Å². The molecule has 1 aliphatic carbocycles. The SMILES string of the molecule is COc1ccc2c(c1)C1(CCC2)N=C(N)NC1=O. The average Bonchev–Trinajstić information content (AvgIpc) is 2.65. The Kier molecular flexibility index (Phi) is 2.29. The van der Waals surface area contributed by atoms with E-state index in [-0.39, 0.29) is 11.9 Å². The van der Waals surface area contributed by atoms with E-state index >= 15 is 0 Å². The van der Waals surface area contributed by atoms with Crippen molar-refractivity contribution in [2.45, 2.75) is 24.8 Å².